The van der Waals surface area contributed by atoms with E-state index in [1.807, 2.05) is 42.5 Å². The fraction of sp³-hybridized carbons (Fsp3) is 0. The van der Waals surface area contributed by atoms with E-state index in [2.05, 4.69) is 16.4 Å². The standard InChI is InChI=1S/C16H10ClN3/c17-13-5-1-7-16(12(13)10-18)20-15-8-2-6-14-11(15)4-3-9-19-14/h1-9,20H. The molecule has 20 heavy (non-hydrogen) atoms. The summed E-state index contributed by atoms with van der Waals surface area (Å²) in [6, 6.07) is 17.2. The Bertz CT molecular complexity index is 816. The highest BCUT2D eigenvalue weighted by Crippen LogP contribution is 2.29. The Morgan fingerprint density at radius 2 is 1.80 bits per heavy atom. The quantitative estimate of drug-likeness (QED) is 0.751. The van der Waals surface area contributed by atoms with Crippen LogP contribution in [0.2, 0.25) is 5.02 Å². The molecule has 2 aromatic carbocycles. The SMILES string of the molecule is N#Cc1c(Cl)cccc1Nc1cccc2ncccc12. The van der Waals surface area contributed by atoms with Gasteiger partial charge in [-0.3, -0.25) is 4.98 Å². The fourth-order valence-electron chi connectivity index (χ4n) is 2.10. The normalized spacial score (nSPS) is 10.2. The van der Waals surface area contributed by atoms with Gasteiger partial charge in [0.05, 0.1) is 21.8 Å². The van der Waals surface area contributed by atoms with Crippen LogP contribution in [-0.4, -0.2) is 4.98 Å². The zero-order valence-electron chi connectivity index (χ0n) is 10.5. The van der Waals surface area contributed by atoms with Gasteiger partial charge in [0.1, 0.15) is 6.07 Å². The molecule has 3 rings (SSSR count). The number of halogens is 1. The summed E-state index contributed by atoms with van der Waals surface area (Å²) >= 11 is 6.04. The number of pyridine rings is 1. The van der Waals surface area contributed by atoms with Crippen molar-refractivity contribution in [2.45, 2.75) is 0 Å². The Labute approximate surface area is 121 Å². The highest BCUT2D eigenvalue weighted by molar-refractivity contribution is 6.32. The van der Waals surface area contributed by atoms with E-state index in [-0.39, 0.29) is 0 Å². The molecule has 0 amide bonds. The highest BCUT2D eigenvalue weighted by atomic mass is 35.5. The molecule has 0 bridgehead atoms. The highest BCUT2D eigenvalue weighted by Gasteiger charge is 2.08. The number of fused-ring (bicyclic) bond motifs is 1. The molecule has 0 spiro atoms. The van der Waals surface area contributed by atoms with Crippen LogP contribution in [0.5, 0.6) is 0 Å². The molecule has 0 aliphatic rings. The van der Waals surface area contributed by atoms with Gasteiger partial charge in [0.2, 0.25) is 0 Å². The summed E-state index contributed by atoms with van der Waals surface area (Å²) in [5, 5.41) is 13.9. The van der Waals surface area contributed by atoms with Crippen molar-refractivity contribution in [2.75, 3.05) is 5.32 Å². The van der Waals surface area contributed by atoms with Gasteiger partial charge in [0, 0.05) is 17.3 Å². The van der Waals surface area contributed by atoms with Crippen molar-refractivity contribution in [2.24, 2.45) is 0 Å². The van der Waals surface area contributed by atoms with E-state index in [4.69, 9.17) is 11.6 Å². The molecular formula is C16H10ClN3. The van der Waals surface area contributed by atoms with Crippen LogP contribution in [-0.2, 0) is 0 Å². The predicted octanol–water partition coefficient (Wildman–Crippen LogP) is 4.50. The lowest BCUT2D eigenvalue weighted by molar-refractivity contribution is 1.41. The van der Waals surface area contributed by atoms with Crippen molar-refractivity contribution in [3.8, 4) is 6.07 Å². The predicted molar refractivity (Wildman–Crippen MR) is 81.2 cm³/mol. The molecule has 4 heteroatoms. The average molecular weight is 280 g/mol. The number of anilines is 2. The smallest absolute Gasteiger partial charge is 0.103 e. The van der Waals surface area contributed by atoms with Gasteiger partial charge in [-0.1, -0.05) is 23.7 Å². The Morgan fingerprint density at radius 1 is 1.00 bits per heavy atom. The van der Waals surface area contributed by atoms with Crippen LogP contribution in [0, 0.1) is 11.3 Å². The van der Waals surface area contributed by atoms with Gasteiger partial charge in [-0.2, -0.15) is 5.26 Å². The van der Waals surface area contributed by atoms with Crippen molar-refractivity contribution in [1.82, 2.24) is 4.98 Å². The zero-order valence-corrected chi connectivity index (χ0v) is 11.2. The third-order valence-corrected chi connectivity index (χ3v) is 3.36. The van der Waals surface area contributed by atoms with Crippen LogP contribution in [0.4, 0.5) is 11.4 Å². The summed E-state index contributed by atoms with van der Waals surface area (Å²) in [7, 11) is 0. The summed E-state index contributed by atoms with van der Waals surface area (Å²) in [5.41, 5.74) is 2.93. The molecule has 0 saturated heterocycles. The maximum Gasteiger partial charge on any atom is 0.103 e. The van der Waals surface area contributed by atoms with E-state index in [0.717, 1.165) is 16.6 Å². The van der Waals surface area contributed by atoms with Gasteiger partial charge in [-0.05, 0) is 36.4 Å². The van der Waals surface area contributed by atoms with E-state index in [0.29, 0.717) is 16.3 Å². The molecule has 0 saturated carbocycles. The summed E-state index contributed by atoms with van der Waals surface area (Å²) in [4.78, 5) is 4.31. The minimum absolute atomic E-state index is 0.440. The molecule has 1 aromatic heterocycles. The van der Waals surface area contributed by atoms with Gasteiger partial charge >= 0.3 is 0 Å². The van der Waals surface area contributed by atoms with Gasteiger partial charge in [-0.25, -0.2) is 0 Å². The average Bonchev–Trinajstić information content (AvgIpc) is 2.48. The van der Waals surface area contributed by atoms with Crippen LogP contribution in [0.3, 0.4) is 0 Å². The Kier molecular flexibility index (Phi) is 3.24. The van der Waals surface area contributed by atoms with Crippen LogP contribution in [0.15, 0.2) is 54.7 Å². The second kappa shape index (κ2) is 5.20. The Balaban J connectivity index is 2.11. The molecule has 96 valence electrons. The molecule has 1 N–H and O–H groups in total. The lowest BCUT2D eigenvalue weighted by atomic mass is 10.1. The molecule has 0 radical (unpaired) electrons. The van der Waals surface area contributed by atoms with Gasteiger partial charge < -0.3 is 5.32 Å². The maximum absolute atomic E-state index is 9.20. The van der Waals surface area contributed by atoms with Crippen LogP contribution < -0.4 is 5.32 Å². The number of nitrogens with zero attached hydrogens (tertiary/aromatic N) is 2. The lowest BCUT2D eigenvalue weighted by Gasteiger charge is -2.11. The number of hydrogen-bond donors (Lipinski definition) is 1. The van der Waals surface area contributed by atoms with Crippen molar-refractivity contribution in [1.29, 1.82) is 5.26 Å². The second-order valence-corrected chi connectivity index (χ2v) is 4.68. The zero-order chi connectivity index (χ0) is 13.9. The third kappa shape index (κ3) is 2.18. The molecule has 1 heterocycles. The van der Waals surface area contributed by atoms with E-state index in [1.54, 1.807) is 12.3 Å². The lowest BCUT2D eigenvalue weighted by Crippen LogP contribution is -1.95. The van der Waals surface area contributed by atoms with Crippen molar-refractivity contribution >= 4 is 33.9 Å². The van der Waals surface area contributed by atoms with E-state index in [9.17, 15) is 5.26 Å². The summed E-state index contributed by atoms with van der Waals surface area (Å²) in [6.07, 6.45) is 1.76. The molecule has 0 aliphatic heterocycles. The number of hydrogen-bond acceptors (Lipinski definition) is 3. The number of nitriles is 1. The molecule has 3 nitrogen and oxygen atoms in total. The van der Waals surface area contributed by atoms with Crippen molar-refractivity contribution in [3.63, 3.8) is 0 Å². The first-order valence-corrected chi connectivity index (χ1v) is 6.47. The topological polar surface area (TPSA) is 48.7 Å². The molecule has 0 aliphatic carbocycles. The minimum Gasteiger partial charge on any atom is -0.354 e. The molecule has 0 atom stereocenters. The van der Waals surface area contributed by atoms with Crippen LogP contribution in [0.1, 0.15) is 5.56 Å². The monoisotopic (exact) mass is 279 g/mol. The number of rotatable bonds is 2. The molecule has 0 fully saturated rings. The van der Waals surface area contributed by atoms with Crippen molar-refractivity contribution < 1.29 is 0 Å². The fourth-order valence-corrected chi connectivity index (χ4v) is 2.32. The van der Waals surface area contributed by atoms with Crippen LogP contribution in [0.25, 0.3) is 10.9 Å². The van der Waals surface area contributed by atoms with E-state index < -0.39 is 0 Å². The van der Waals surface area contributed by atoms with Crippen molar-refractivity contribution in [3.05, 3.63) is 65.3 Å². The first-order chi connectivity index (χ1) is 9.79. The van der Waals surface area contributed by atoms with E-state index >= 15 is 0 Å². The first kappa shape index (κ1) is 12.5. The summed E-state index contributed by atoms with van der Waals surface area (Å²) < 4.78 is 0. The third-order valence-electron chi connectivity index (χ3n) is 3.04. The molecule has 0 unspecified atom stereocenters. The molecular weight excluding hydrogens is 270 g/mol. The van der Waals surface area contributed by atoms with Gasteiger partial charge in [-0.15, -0.1) is 0 Å². The van der Waals surface area contributed by atoms with Gasteiger partial charge in [0.15, 0.2) is 0 Å². The number of nitrogens with one attached hydrogen (secondary N) is 1. The number of aromatic nitrogens is 1. The first-order valence-electron chi connectivity index (χ1n) is 6.09. The summed E-state index contributed by atoms with van der Waals surface area (Å²) in [6.45, 7) is 0. The molecule has 3 aromatic rings. The Morgan fingerprint density at radius 3 is 2.65 bits per heavy atom. The Hall–Kier alpha value is -2.57. The largest absolute Gasteiger partial charge is 0.354 e. The minimum atomic E-state index is 0.440. The number of benzene rings is 2. The van der Waals surface area contributed by atoms with Crippen LogP contribution >= 0.6 is 11.6 Å². The second-order valence-electron chi connectivity index (χ2n) is 4.27. The van der Waals surface area contributed by atoms with E-state index in [1.165, 1.54) is 0 Å². The summed E-state index contributed by atoms with van der Waals surface area (Å²) in [5.74, 6) is 0. The maximum atomic E-state index is 9.20. The van der Waals surface area contributed by atoms with Gasteiger partial charge in [0.25, 0.3) is 0 Å².